The highest BCUT2D eigenvalue weighted by atomic mass is 19.4. The molecule has 3 rings (SSSR count). The van der Waals surface area contributed by atoms with E-state index in [2.05, 4.69) is 5.32 Å². The Kier molecular flexibility index (Phi) is 2.09. The second kappa shape index (κ2) is 3.22. The van der Waals surface area contributed by atoms with E-state index in [4.69, 9.17) is 0 Å². The second-order valence-corrected chi connectivity index (χ2v) is 4.85. The zero-order valence-corrected chi connectivity index (χ0v) is 8.94. The molecular formula is C12H11F4N. The topological polar surface area (TPSA) is 12.0 Å². The third kappa shape index (κ3) is 1.48. The van der Waals surface area contributed by atoms with Crippen molar-refractivity contribution < 1.29 is 17.6 Å². The minimum Gasteiger partial charge on any atom is -0.316 e. The Balaban J connectivity index is 2.08. The van der Waals surface area contributed by atoms with Gasteiger partial charge < -0.3 is 5.32 Å². The van der Waals surface area contributed by atoms with E-state index < -0.39 is 17.6 Å². The van der Waals surface area contributed by atoms with Crippen LogP contribution in [0.15, 0.2) is 18.2 Å². The predicted molar refractivity (Wildman–Crippen MR) is 54.1 cm³/mol. The van der Waals surface area contributed by atoms with E-state index in [-0.39, 0.29) is 11.0 Å². The summed E-state index contributed by atoms with van der Waals surface area (Å²) in [6, 6.07) is 3.58. The van der Waals surface area contributed by atoms with Gasteiger partial charge in [-0.15, -0.1) is 0 Å². The molecule has 92 valence electrons. The van der Waals surface area contributed by atoms with Crippen LogP contribution in [-0.4, -0.2) is 13.1 Å². The molecule has 0 radical (unpaired) electrons. The number of halogens is 4. The maximum atomic E-state index is 13.9. The van der Waals surface area contributed by atoms with Crippen molar-refractivity contribution in [1.82, 2.24) is 5.32 Å². The lowest BCUT2D eigenvalue weighted by atomic mass is 9.92. The number of alkyl halides is 3. The standard InChI is InChI=1S/C12H11F4N/c13-10-8(11-4-7(11)5-17-6-11)2-1-3-9(10)12(14,15)16/h1-3,7,17H,4-6H2/t7-,11-/m0/s1. The van der Waals surface area contributed by atoms with E-state index in [1.165, 1.54) is 12.1 Å². The van der Waals surface area contributed by atoms with Crippen LogP contribution in [0.4, 0.5) is 17.6 Å². The average Bonchev–Trinajstić information content (AvgIpc) is 2.80. The van der Waals surface area contributed by atoms with Gasteiger partial charge in [-0.1, -0.05) is 12.1 Å². The zero-order chi connectivity index (χ0) is 12.3. The molecule has 1 nitrogen and oxygen atoms in total. The van der Waals surface area contributed by atoms with Crippen molar-refractivity contribution >= 4 is 0 Å². The van der Waals surface area contributed by atoms with Crippen LogP contribution in [0.25, 0.3) is 0 Å². The lowest BCUT2D eigenvalue weighted by Gasteiger charge is -2.16. The summed E-state index contributed by atoms with van der Waals surface area (Å²) in [4.78, 5) is 0. The quantitative estimate of drug-likeness (QED) is 0.750. The molecule has 0 amide bonds. The molecule has 1 saturated carbocycles. The Morgan fingerprint density at radius 2 is 2.06 bits per heavy atom. The van der Waals surface area contributed by atoms with Crippen LogP contribution in [0.3, 0.4) is 0 Å². The van der Waals surface area contributed by atoms with E-state index in [9.17, 15) is 17.6 Å². The van der Waals surface area contributed by atoms with Gasteiger partial charge in [0.25, 0.3) is 0 Å². The minimum absolute atomic E-state index is 0.224. The van der Waals surface area contributed by atoms with Crippen molar-refractivity contribution in [2.24, 2.45) is 5.92 Å². The highest BCUT2D eigenvalue weighted by Gasteiger charge is 2.59. The Labute approximate surface area is 95.8 Å². The molecule has 17 heavy (non-hydrogen) atoms. The summed E-state index contributed by atoms with van der Waals surface area (Å²) in [6.07, 6.45) is -3.83. The van der Waals surface area contributed by atoms with Crippen LogP contribution < -0.4 is 5.32 Å². The fourth-order valence-electron chi connectivity index (χ4n) is 2.89. The Morgan fingerprint density at radius 1 is 1.29 bits per heavy atom. The van der Waals surface area contributed by atoms with Crippen molar-refractivity contribution in [3.63, 3.8) is 0 Å². The number of rotatable bonds is 1. The first-order valence-corrected chi connectivity index (χ1v) is 5.52. The van der Waals surface area contributed by atoms with Crippen LogP contribution in [0, 0.1) is 11.7 Å². The molecule has 1 heterocycles. The number of piperidine rings is 1. The van der Waals surface area contributed by atoms with Gasteiger partial charge in [0.2, 0.25) is 0 Å². The van der Waals surface area contributed by atoms with Gasteiger partial charge in [-0.05, 0) is 30.5 Å². The van der Waals surface area contributed by atoms with Crippen molar-refractivity contribution in [3.05, 3.63) is 35.1 Å². The van der Waals surface area contributed by atoms with E-state index in [0.717, 1.165) is 19.0 Å². The average molecular weight is 245 g/mol. The maximum Gasteiger partial charge on any atom is 0.419 e. The minimum atomic E-state index is -4.62. The van der Waals surface area contributed by atoms with Gasteiger partial charge in [0.15, 0.2) is 0 Å². The molecule has 1 aliphatic carbocycles. The molecular weight excluding hydrogens is 234 g/mol. The molecule has 2 fully saturated rings. The fourth-order valence-corrected chi connectivity index (χ4v) is 2.89. The third-order valence-electron chi connectivity index (χ3n) is 3.90. The molecule has 1 aromatic rings. The highest BCUT2D eigenvalue weighted by Crippen LogP contribution is 2.57. The van der Waals surface area contributed by atoms with E-state index in [1.807, 2.05) is 0 Å². The van der Waals surface area contributed by atoms with Crippen molar-refractivity contribution in [2.75, 3.05) is 13.1 Å². The van der Waals surface area contributed by atoms with Crippen LogP contribution >= 0.6 is 0 Å². The number of benzene rings is 1. The summed E-state index contributed by atoms with van der Waals surface area (Å²) in [5, 5.41) is 3.10. The van der Waals surface area contributed by atoms with Crippen LogP contribution in [-0.2, 0) is 11.6 Å². The molecule has 0 unspecified atom stereocenters. The molecule has 2 atom stereocenters. The molecule has 2 aliphatic rings. The summed E-state index contributed by atoms with van der Waals surface area (Å²) in [5.74, 6) is -0.799. The monoisotopic (exact) mass is 245 g/mol. The molecule has 1 aliphatic heterocycles. The van der Waals surface area contributed by atoms with Gasteiger partial charge in [-0.3, -0.25) is 0 Å². The molecule has 1 aromatic carbocycles. The first-order valence-electron chi connectivity index (χ1n) is 5.52. The smallest absolute Gasteiger partial charge is 0.316 e. The van der Waals surface area contributed by atoms with Gasteiger partial charge in [0.05, 0.1) is 5.56 Å². The maximum absolute atomic E-state index is 13.9. The van der Waals surface area contributed by atoms with Crippen LogP contribution in [0.5, 0.6) is 0 Å². The highest BCUT2D eigenvalue weighted by molar-refractivity contribution is 5.41. The number of nitrogens with one attached hydrogen (secondary N) is 1. The normalized spacial score (nSPS) is 31.4. The second-order valence-electron chi connectivity index (χ2n) is 4.85. The van der Waals surface area contributed by atoms with E-state index in [0.29, 0.717) is 12.5 Å². The first-order chi connectivity index (χ1) is 7.95. The number of hydrogen-bond donors (Lipinski definition) is 1. The predicted octanol–water partition coefficient (Wildman–Crippen LogP) is 2.71. The van der Waals surface area contributed by atoms with E-state index >= 15 is 0 Å². The first kappa shape index (κ1) is 11.0. The van der Waals surface area contributed by atoms with Crippen molar-refractivity contribution in [3.8, 4) is 0 Å². The number of hydrogen-bond acceptors (Lipinski definition) is 1. The largest absolute Gasteiger partial charge is 0.419 e. The molecule has 1 N–H and O–H groups in total. The summed E-state index contributed by atoms with van der Waals surface area (Å²) in [5.41, 5.74) is -1.31. The Morgan fingerprint density at radius 3 is 2.59 bits per heavy atom. The summed E-state index contributed by atoms with van der Waals surface area (Å²) < 4.78 is 51.7. The van der Waals surface area contributed by atoms with Crippen LogP contribution in [0.2, 0.25) is 0 Å². The Bertz CT molecular complexity index is 468. The zero-order valence-electron chi connectivity index (χ0n) is 8.94. The SMILES string of the molecule is Fc1c(C(F)(F)F)cccc1[C@@]12CNC[C@@H]1C2. The van der Waals surface area contributed by atoms with E-state index in [1.54, 1.807) is 0 Å². The lowest BCUT2D eigenvalue weighted by Crippen LogP contribution is -2.22. The van der Waals surface area contributed by atoms with Gasteiger partial charge in [0, 0.05) is 12.0 Å². The van der Waals surface area contributed by atoms with Gasteiger partial charge in [-0.25, -0.2) is 4.39 Å². The third-order valence-corrected chi connectivity index (χ3v) is 3.90. The summed E-state index contributed by atoms with van der Waals surface area (Å²) >= 11 is 0. The van der Waals surface area contributed by atoms with Crippen LogP contribution in [0.1, 0.15) is 17.5 Å². The lowest BCUT2D eigenvalue weighted by molar-refractivity contribution is -0.140. The summed E-state index contributed by atoms with van der Waals surface area (Å²) in [7, 11) is 0. The Hall–Kier alpha value is -1.10. The molecule has 0 spiro atoms. The molecule has 0 aromatic heterocycles. The molecule has 0 bridgehead atoms. The van der Waals surface area contributed by atoms with Gasteiger partial charge in [0.1, 0.15) is 5.82 Å². The molecule has 1 saturated heterocycles. The number of fused-ring (bicyclic) bond motifs is 1. The van der Waals surface area contributed by atoms with Crippen molar-refractivity contribution in [2.45, 2.75) is 18.0 Å². The van der Waals surface area contributed by atoms with Crippen molar-refractivity contribution in [1.29, 1.82) is 0 Å². The van der Waals surface area contributed by atoms with Gasteiger partial charge >= 0.3 is 6.18 Å². The molecule has 5 heteroatoms. The fraction of sp³-hybridized carbons (Fsp3) is 0.500. The van der Waals surface area contributed by atoms with Gasteiger partial charge in [-0.2, -0.15) is 13.2 Å². The summed E-state index contributed by atoms with van der Waals surface area (Å²) in [6.45, 7) is 1.35.